The Kier molecular flexibility index (Phi) is 3.97. The maximum atomic E-state index is 4.58. The van der Waals surface area contributed by atoms with Crippen molar-refractivity contribution in [3.8, 4) is 10.6 Å². The molecule has 0 radical (unpaired) electrons. The number of nitrogens with zero attached hydrogens (tertiary/aromatic N) is 2. The third-order valence-electron chi connectivity index (χ3n) is 2.60. The van der Waals surface area contributed by atoms with Crippen LogP contribution < -0.4 is 5.32 Å². The Hall–Kier alpha value is -1.13. The lowest BCUT2D eigenvalue weighted by molar-refractivity contribution is 0.534. The average Bonchev–Trinajstić information content (AvgIpc) is 2.94. The molecule has 0 saturated heterocycles. The predicted molar refractivity (Wildman–Crippen MR) is 73.3 cm³/mol. The van der Waals surface area contributed by atoms with Crippen molar-refractivity contribution in [2.45, 2.75) is 33.4 Å². The van der Waals surface area contributed by atoms with Crippen LogP contribution in [0, 0.1) is 0 Å². The van der Waals surface area contributed by atoms with E-state index in [2.05, 4.69) is 49.4 Å². The quantitative estimate of drug-likeness (QED) is 0.881. The molecule has 0 aliphatic rings. The van der Waals surface area contributed by atoms with Gasteiger partial charge in [-0.05, 0) is 38.6 Å². The molecule has 92 valence electrons. The zero-order valence-corrected chi connectivity index (χ0v) is 11.4. The maximum Gasteiger partial charge on any atom is 0.102 e. The Balaban J connectivity index is 2.13. The predicted octanol–water partition coefficient (Wildman–Crippen LogP) is 3.30. The molecule has 0 amide bonds. The zero-order chi connectivity index (χ0) is 12.3. The second-order valence-electron chi connectivity index (χ2n) is 4.32. The Morgan fingerprint density at radius 3 is 2.82 bits per heavy atom. The van der Waals surface area contributed by atoms with Gasteiger partial charge in [0.25, 0.3) is 0 Å². The third kappa shape index (κ3) is 2.96. The van der Waals surface area contributed by atoms with Crippen molar-refractivity contribution in [2.24, 2.45) is 0 Å². The van der Waals surface area contributed by atoms with E-state index in [-0.39, 0.29) is 0 Å². The van der Waals surface area contributed by atoms with Crippen LogP contribution in [-0.2, 0) is 6.54 Å². The van der Waals surface area contributed by atoms with Crippen molar-refractivity contribution in [2.75, 3.05) is 6.54 Å². The van der Waals surface area contributed by atoms with E-state index in [1.54, 1.807) is 0 Å². The van der Waals surface area contributed by atoms with Gasteiger partial charge in [0.05, 0.1) is 4.88 Å². The van der Waals surface area contributed by atoms with Crippen molar-refractivity contribution < 1.29 is 0 Å². The second kappa shape index (κ2) is 5.47. The van der Waals surface area contributed by atoms with E-state index in [1.807, 2.05) is 22.2 Å². The van der Waals surface area contributed by atoms with Gasteiger partial charge in [0.1, 0.15) is 5.69 Å². The molecule has 0 atom stereocenters. The van der Waals surface area contributed by atoms with Gasteiger partial charge in [0.2, 0.25) is 0 Å². The van der Waals surface area contributed by atoms with Gasteiger partial charge in [0.15, 0.2) is 0 Å². The molecule has 0 fully saturated rings. The molecule has 2 heterocycles. The number of rotatable bonds is 5. The summed E-state index contributed by atoms with van der Waals surface area (Å²) in [5.41, 5.74) is 1.08. The first-order valence-corrected chi connectivity index (χ1v) is 6.87. The van der Waals surface area contributed by atoms with E-state index in [1.165, 1.54) is 9.75 Å². The minimum atomic E-state index is 0.421. The van der Waals surface area contributed by atoms with Crippen LogP contribution in [0.15, 0.2) is 24.4 Å². The summed E-state index contributed by atoms with van der Waals surface area (Å²) in [6.45, 7) is 8.36. The first-order chi connectivity index (χ1) is 8.20. The van der Waals surface area contributed by atoms with E-state index in [0.29, 0.717) is 6.04 Å². The van der Waals surface area contributed by atoms with E-state index < -0.39 is 0 Å². The summed E-state index contributed by atoms with van der Waals surface area (Å²) in [7, 11) is 0. The van der Waals surface area contributed by atoms with Crippen molar-refractivity contribution in [3.05, 3.63) is 29.3 Å². The molecular weight excluding hydrogens is 230 g/mol. The number of thiophene rings is 1. The SMILES string of the molecule is CCNCc1ccc(-c2ccn(C(C)C)n2)s1. The van der Waals surface area contributed by atoms with Gasteiger partial charge in [0, 0.05) is 23.7 Å². The molecule has 2 aromatic heterocycles. The van der Waals surface area contributed by atoms with Crippen LogP contribution >= 0.6 is 11.3 Å². The highest BCUT2D eigenvalue weighted by molar-refractivity contribution is 7.15. The minimum absolute atomic E-state index is 0.421. The Bertz CT molecular complexity index is 470. The fraction of sp³-hybridized carbons (Fsp3) is 0.462. The van der Waals surface area contributed by atoms with E-state index in [0.717, 1.165) is 18.8 Å². The van der Waals surface area contributed by atoms with Crippen LogP contribution in [0.5, 0.6) is 0 Å². The van der Waals surface area contributed by atoms with Gasteiger partial charge < -0.3 is 5.32 Å². The summed E-state index contributed by atoms with van der Waals surface area (Å²) in [5, 5.41) is 7.92. The lowest BCUT2D eigenvalue weighted by Crippen LogP contribution is -2.10. The molecule has 4 heteroatoms. The van der Waals surface area contributed by atoms with Crippen LogP contribution in [0.4, 0.5) is 0 Å². The number of aromatic nitrogens is 2. The lowest BCUT2D eigenvalue weighted by Gasteiger charge is -2.03. The summed E-state index contributed by atoms with van der Waals surface area (Å²) in [6.07, 6.45) is 2.05. The number of nitrogens with one attached hydrogen (secondary N) is 1. The fourth-order valence-corrected chi connectivity index (χ4v) is 2.56. The number of hydrogen-bond donors (Lipinski definition) is 1. The summed E-state index contributed by atoms with van der Waals surface area (Å²) in [4.78, 5) is 2.61. The zero-order valence-electron chi connectivity index (χ0n) is 10.6. The van der Waals surface area contributed by atoms with E-state index >= 15 is 0 Å². The standard InChI is InChI=1S/C13H19N3S/c1-4-14-9-11-5-6-13(17-11)12-7-8-16(15-12)10(2)3/h5-8,10,14H,4,9H2,1-3H3. The first-order valence-electron chi connectivity index (χ1n) is 6.05. The molecule has 0 unspecified atom stereocenters. The van der Waals surface area contributed by atoms with Gasteiger partial charge in [-0.25, -0.2) is 0 Å². The van der Waals surface area contributed by atoms with Gasteiger partial charge in [-0.1, -0.05) is 6.92 Å². The molecule has 0 spiro atoms. The molecule has 0 aliphatic heterocycles. The number of hydrogen-bond acceptors (Lipinski definition) is 3. The Morgan fingerprint density at radius 1 is 1.35 bits per heavy atom. The van der Waals surface area contributed by atoms with Gasteiger partial charge in [-0.3, -0.25) is 4.68 Å². The Labute approximate surface area is 106 Å². The van der Waals surface area contributed by atoms with Crippen molar-refractivity contribution in [1.82, 2.24) is 15.1 Å². The Morgan fingerprint density at radius 2 is 2.18 bits per heavy atom. The van der Waals surface area contributed by atoms with Crippen molar-refractivity contribution >= 4 is 11.3 Å². The summed E-state index contributed by atoms with van der Waals surface area (Å²) in [6, 6.07) is 6.84. The molecule has 1 N–H and O–H groups in total. The molecule has 2 aromatic rings. The minimum Gasteiger partial charge on any atom is -0.312 e. The largest absolute Gasteiger partial charge is 0.312 e. The molecule has 0 saturated carbocycles. The molecule has 0 bridgehead atoms. The van der Waals surface area contributed by atoms with Crippen LogP contribution in [0.2, 0.25) is 0 Å². The molecular formula is C13H19N3S. The van der Waals surface area contributed by atoms with E-state index in [9.17, 15) is 0 Å². The van der Waals surface area contributed by atoms with Gasteiger partial charge >= 0.3 is 0 Å². The van der Waals surface area contributed by atoms with E-state index in [4.69, 9.17) is 0 Å². The molecule has 0 aromatic carbocycles. The molecule has 0 aliphatic carbocycles. The van der Waals surface area contributed by atoms with Crippen LogP contribution in [0.1, 0.15) is 31.7 Å². The third-order valence-corrected chi connectivity index (χ3v) is 3.71. The monoisotopic (exact) mass is 249 g/mol. The topological polar surface area (TPSA) is 29.9 Å². The summed E-state index contributed by atoms with van der Waals surface area (Å²) >= 11 is 1.81. The molecule has 17 heavy (non-hydrogen) atoms. The van der Waals surface area contributed by atoms with Gasteiger partial charge in [-0.15, -0.1) is 11.3 Å². The first kappa shape index (κ1) is 12.3. The smallest absolute Gasteiger partial charge is 0.102 e. The van der Waals surface area contributed by atoms with Crippen molar-refractivity contribution in [1.29, 1.82) is 0 Å². The normalized spacial score (nSPS) is 11.3. The second-order valence-corrected chi connectivity index (χ2v) is 5.49. The maximum absolute atomic E-state index is 4.58. The van der Waals surface area contributed by atoms with Crippen LogP contribution in [-0.4, -0.2) is 16.3 Å². The molecule has 3 nitrogen and oxygen atoms in total. The van der Waals surface area contributed by atoms with Crippen LogP contribution in [0.3, 0.4) is 0 Å². The summed E-state index contributed by atoms with van der Waals surface area (Å²) < 4.78 is 2.00. The summed E-state index contributed by atoms with van der Waals surface area (Å²) in [5.74, 6) is 0. The van der Waals surface area contributed by atoms with Crippen LogP contribution in [0.25, 0.3) is 10.6 Å². The lowest BCUT2D eigenvalue weighted by atomic mass is 10.3. The highest BCUT2D eigenvalue weighted by Crippen LogP contribution is 2.27. The highest BCUT2D eigenvalue weighted by Gasteiger charge is 2.07. The van der Waals surface area contributed by atoms with Gasteiger partial charge in [-0.2, -0.15) is 5.10 Å². The van der Waals surface area contributed by atoms with Crippen molar-refractivity contribution in [3.63, 3.8) is 0 Å². The average molecular weight is 249 g/mol. The highest BCUT2D eigenvalue weighted by atomic mass is 32.1. The molecule has 2 rings (SSSR count). The fourth-order valence-electron chi connectivity index (χ4n) is 1.62.